The molecule has 0 saturated heterocycles. The van der Waals surface area contributed by atoms with Crippen LogP contribution < -0.4 is 113 Å². The zero-order chi connectivity index (χ0) is 12.3. The number of rotatable bonds is 3. The van der Waals surface area contributed by atoms with Crippen molar-refractivity contribution in [2.24, 2.45) is 0 Å². The Morgan fingerprint density at radius 3 is 1.67 bits per heavy atom. The van der Waals surface area contributed by atoms with E-state index in [2.05, 4.69) is 0 Å². The number of benzene rings is 2. The Hall–Kier alpha value is 1.97. The summed E-state index contributed by atoms with van der Waals surface area (Å²) >= 11 is 0. The molecule has 0 aliphatic carbocycles. The molecule has 2 aromatic rings. The number of hydrogen-bond donors (Lipinski definition) is 1. The number of hydrogen-bond acceptors (Lipinski definition) is 2. The molecule has 0 aliphatic rings. The van der Waals surface area contributed by atoms with Crippen molar-refractivity contribution in [3.8, 4) is 0 Å². The zero-order valence-electron chi connectivity index (χ0n) is 13.9. The summed E-state index contributed by atoms with van der Waals surface area (Å²) < 4.78 is 30.6. The molecule has 21 heavy (non-hydrogen) atoms. The first-order valence-corrected chi connectivity index (χ1v) is 7.39. The van der Waals surface area contributed by atoms with Gasteiger partial charge in [-0.25, -0.2) is 0 Å². The molecule has 1 atom stereocenters. The molecule has 5 nitrogen and oxygen atoms in total. The SMILES string of the molecule is O.O.O=S(=O)(O)c1ccc(Pc2ccccc2)cc1.[H-].[H-].[K+].[K+]. The third-order valence-electron chi connectivity index (χ3n) is 2.21. The van der Waals surface area contributed by atoms with Crippen molar-refractivity contribution in [3.63, 3.8) is 0 Å². The van der Waals surface area contributed by atoms with Gasteiger partial charge in [0, 0.05) is 0 Å². The van der Waals surface area contributed by atoms with E-state index in [0.717, 1.165) is 5.30 Å². The summed E-state index contributed by atoms with van der Waals surface area (Å²) in [5, 5.41) is 2.22. The van der Waals surface area contributed by atoms with Crippen LogP contribution in [0.4, 0.5) is 0 Å². The summed E-state index contributed by atoms with van der Waals surface area (Å²) in [5.41, 5.74) is 0. The second-order valence-corrected chi connectivity index (χ2v) is 6.32. The summed E-state index contributed by atoms with van der Waals surface area (Å²) in [6.07, 6.45) is 0. The van der Waals surface area contributed by atoms with Crippen molar-refractivity contribution in [2.45, 2.75) is 4.90 Å². The van der Waals surface area contributed by atoms with Gasteiger partial charge in [-0.3, -0.25) is 4.55 Å². The maximum Gasteiger partial charge on any atom is 1.00 e. The van der Waals surface area contributed by atoms with Crippen LogP contribution >= 0.6 is 8.58 Å². The molecule has 0 saturated carbocycles. The van der Waals surface area contributed by atoms with Gasteiger partial charge < -0.3 is 13.8 Å². The Morgan fingerprint density at radius 1 is 0.810 bits per heavy atom. The first kappa shape index (κ1) is 27.8. The van der Waals surface area contributed by atoms with Gasteiger partial charge >= 0.3 is 103 Å². The standard InChI is InChI=1S/C12H11O3PS.2K.2H2O.2H/c13-17(14,15)12-8-6-11(7-9-12)16-10-4-2-1-3-5-10;;;;;;/h1-9,16H,(H,13,14,15);;;2*1H2;;/q;2*+1;;;2*-1. The van der Waals surface area contributed by atoms with E-state index in [1.807, 2.05) is 30.3 Å². The molecule has 0 aliphatic heterocycles. The van der Waals surface area contributed by atoms with Gasteiger partial charge in [-0.05, 0) is 22.7 Å². The monoisotopic (exact) mass is 382 g/mol. The molecule has 1 unspecified atom stereocenters. The maximum atomic E-state index is 10.9. The van der Waals surface area contributed by atoms with Crippen LogP contribution in [-0.4, -0.2) is 23.9 Å². The van der Waals surface area contributed by atoms with Crippen LogP contribution in [0.15, 0.2) is 59.5 Å². The normalized spacial score (nSPS) is 9.76. The first-order valence-electron chi connectivity index (χ1n) is 4.95. The van der Waals surface area contributed by atoms with E-state index < -0.39 is 10.1 Å². The van der Waals surface area contributed by atoms with Crippen molar-refractivity contribution in [1.29, 1.82) is 0 Å². The second-order valence-electron chi connectivity index (χ2n) is 3.49. The maximum absolute atomic E-state index is 10.9. The average Bonchev–Trinajstić information content (AvgIpc) is 2.30. The second kappa shape index (κ2) is 13.3. The Morgan fingerprint density at radius 2 is 1.24 bits per heavy atom. The molecule has 5 N–H and O–H groups in total. The van der Waals surface area contributed by atoms with Crippen LogP contribution in [-0.2, 0) is 10.1 Å². The topological polar surface area (TPSA) is 117 Å². The molecule has 0 amide bonds. The summed E-state index contributed by atoms with van der Waals surface area (Å²) in [6, 6.07) is 16.2. The van der Waals surface area contributed by atoms with Gasteiger partial charge in [0.25, 0.3) is 10.1 Å². The van der Waals surface area contributed by atoms with Gasteiger partial charge in [-0.2, -0.15) is 8.42 Å². The van der Waals surface area contributed by atoms with Crippen LogP contribution in [0.1, 0.15) is 2.85 Å². The van der Waals surface area contributed by atoms with Gasteiger partial charge in [0.2, 0.25) is 0 Å². The van der Waals surface area contributed by atoms with Crippen molar-refractivity contribution in [2.75, 3.05) is 0 Å². The fourth-order valence-corrected chi connectivity index (χ4v) is 2.90. The minimum atomic E-state index is -4.09. The fourth-order valence-electron chi connectivity index (χ4n) is 1.40. The van der Waals surface area contributed by atoms with E-state index in [0.29, 0.717) is 8.58 Å². The van der Waals surface area contributed by atoms with Crippen LogP contribution in [0.5, 0.6) is 0 Å². The minimum Gasteiger partial charge on any atom is -1.00 e. The predicted molar refractivity (Wildman–Crippen MR) is 79.7 cm³/mol. The van der Waals surface area contributed by atoms with Gasteiger partial charge in [0.05, 0.1) is 4.90 Å². The van der Waals surface area contributed by atoms with Crippen LogP contribution in [0.25, 0.3) is 0 Å². The van der Waals surface area contributed by atoms with E-state index in [9.17, 15) is 8.42 Å². The molecule has 2 aromatic carbocycles. The molecule has 0 radical (unpaired) electrons. The van der Waals surface area contributed by atoms with Crippen LogP contribution in [0.2, 0.25) is 0 Å². The predicted octanol–water partition coefficient (Wildman–Crippen LogP) is -5.85. The van der Waals surface area contributed by atoms with Gasteiger partial charge in [-0.1, -0.05) is 51.0 Å². The van der Waals surface area contributed by atoms with E-state index in [1.54, 1.807) is 12.1 Å². The van der Waals surface area contributed by atoms with Crippen LogP contribution in [0.3, 0.4) is 0 Å². The molecule has 9 heteroatoms. The van der Waals surface area contributed by atoms with Gasteiger partial charge in [0.1, 0.15) is 0 Å². The molecule has 0 bridgehead atoms. The Bertz CT molecular complexity index is 615. The third-order valence-corrected chi connectivity index (χ3v) is 4.33. The average molecular weight is 382 g/mol. The molecule has 2 rings (SSSR count). The van der Waals surface area contributed by atoms with Crippen molar-refractivity contribution in [1.82, 2.24) is 0 Å². The Kier molecular flexibility index (Phi) is 17.6. The fraction of sp³-hybridized carbons (Fsp3) is 0. The largest absolute Gasteiger partial charge is 1.00 e. The van der Waals surface area contributed by atoms with E-state index in [4.69, 9.17) is 4.55 Å². The molecular weight excluding hydrogens is 365 g/mol. The zero-order valence-corrected chi connectivity index (χ0v) is 19.9. The molecule has 108 valence electrons. The summed E-state index contributed by atoms with van der Waals surface area (Å²) in [5.74, 6) is 0. The molecule has 0 fully saturated rings. The smallest absolute Gasteiger partial charge is 1.00 e. The van der Waals surface area contributed by atoms with E-state index >= 15 is 0 Å². The van der Waals surface area contributed by atoms with Gasteiger partial charge in [-0.15, -0.1) is 0 Å². The van der Waals surface area contributed by atoms with Crippen LogP contribution in [0, 0.1) is 0 Å². The summed E-state index contributed by atoms with van der Waals surface area (Å²) in [7, 11) is -3.61. The first-order chi connectivity index (χ1) is 8.05. The van der Waals surface area contributed by atoms with E-state index in [1.165, 1.54) is 17.4 Å². The Labute approximate surface area is 214 Å². The quantitative estimate of drug-likeness (QED) is 0.324. The minimum absolute atomic E-state index is 0. The summed E-state index contributed by atoms with van der Waals surface area (Å²) in [6.45, 7) is 0. The Balaban J connectivity index is -0.000000180. The van der Waals surface area contributed by atoms with Gasteiger partial charge in [0.15, 0.2) is 0 Å². The molecule has 0 spiro atoms. The van der Waals surface area contributed by atoms with Crippen molar-refractivity contribution < 1.29 is 130 Å². The van der Waals surface area contributed by atoms with E-state index in [-0.39, 0.29) is 121 Å². The molecule has 0 heterocycles. The molecular formula is C12H17K2O5PS. The van der Waals surface area contributed by atoms with Crippen molar-refractivity contribution in [3.05, 3.63) is 54.6 Å². The third kappa shape index (κ3) is 9.76. The van der Waals surface area contributed by atoms with Crippen molar-refractivity contribution >= 4 is 29.3 Å². The molecule has 0 aromatic heterocycles. The summed E-state index contributed by atoms with van der Waals surface area (Å²) in [4.78, 5) is -0.0703.